The van der Waals surface area contributed by atoms with Crippen LogP contribution in [0.25, 0.3) is 0 Å². The van der Waals surface area contributed by atoms with Gasteiger partial charge in [-0.3, -0.25) is 0 Å². The molecule has 0 aliphatic rings. The van der Waals surface area contributed by atoms with Crippen LogP contribution in [0.2, 0.25) is 5.15 Å². The first-order valence-electron chi connectivity index (χ1n) is 7.40. The third-order valence-corrected chi connectivity index (χ3v) is 3.86. The van der Waals surface area contributed by atoms with Gasteiger partial charge in [0, 0.05) is 6.07 Å². The largest absolute Gasteiger partial charge is 0.455 e. The Bertz CT molecular complexity index is 855. The van der Waals surface area contributed by atoms with E-state index in [2.05, 4.69) is 10.3 Å². The zero-order valence-electron chi connectivity index (χ0n) is 13.3. The van der Waals surface area contributed by atoms with E-state index in [0.717, 1.165) is 5.56 Å². The lowest BCUT2D eigenvalue weighted by atomic mass is 10.2. The second-order valence-corrected chi connectivity index (χ2v) is 5.76. The summed E-state index contributed by atoms with van der Waals surface area (Å²) < 4.78 is 11.8. The fourth-order valence-corrected chi connectivity index (χ4v) is 2.66. The quantitative estimate of drug-likeness (QED) is 0.661. The van der Waals surface area contributed by atoms with Gasteiger partial charge in [-0.15, -0.1) is 0 Å². The maximum absolute atomic E-state index is 12.3. The zero-order chi connectivity index (χ0) is 17.1. The Morgan fingerprint density at radius 2 is 2.04 bits per heavy atom. The van der Waals surface area contributed by atoms with Crippen molar-refractivity contribution in [2.24, 2.45) is 0 Å². The van der Waals surface area contributed by atoms with Gasteiger partial charge in [0.2, 0.25) is 0 Å². The van der Waals surface area contributed by atoms with E-state index in [0.29, 0.717) is 23.7 Å². The third-order valence-electron chi connectivity index (χ3n) is 3.47. The van der Waals surface area contributed by atoms with Crippen LogP contribution in [0.5, 0.6) is 0 Å². The molecular formula is C17H16ClN3O3. The van der Waals surface area contributed by atoms with Crippen molar-refractivity contribution in [2.75, 3.05) is 0 Å². The summed E-state index contributed by atoms with van der Waals surface area (Å²) >= 11 is 6.33. The molecule has 0 bridgehead atoms. The fraction of sp³-hybridized carbons (Fsp3) is 0.235. The second kappa shape index (κ2) is 6.88. The molecule has 0 atom stereocenters. The summed E-state index contributed by atoms with van der Waals surface area (Å²) in [5.41, 5.74) is 2.39. The van der Waals surface area contributed by atoms with Gasteiger partial charge in [-0.25, -0.2) is 9.48 Å². The Morgan fingerprint density at radius 3 is 2.71 bits per heavy atom. The molecule has 2 aromatic heterocycles. The molecule has 0 unspecified atom stereocenters. The highest BCUT2D eigenvalue weighted by Crippen LogP contribution is 2.22. The Kier molecular flexibility index (Phi) is 4.66. The van der Waals surface area contributed by atoms with Crippen LogP contribution in [0.3, 0.4) is 0 Å². The van der Waals surface area contributed by atoms with E-state index in [1.165, 1.54) is 0 Å². The number of carbonyl (C=O) groups is 1. The first-order chi connectivity index (χ1) is 11.5. The Morgan fingerprint density at radius 1 is 1.29 bits per heavy atom. The van der Waals surface area contributed by atoms with E-state index in [1.54, 1.807) is 24.6 Å². The van der Waals surface area contributed by atoms with Crippen molar-refractivity contribution >= 4 is 17.6 Å². The molecule has 0 spiro atoms. The van der Waals surface area contributed by atoms with Gasteiger partial charge in [0.15, 0.2) is 0 Å². The minimum absolute atomic E-state index is 0.0236. The van der Waals surface area contributed by atoms with E-state index < -0.39 is 5.97 Å². The predicted molar refractivity (Wildman–Crippen MR) is 87.9 cm³/mol. The standard InChI is InChI=1S/C17H16ClN3O3/c1-11-8-14(20-24-11)10-23-17(22)15-12(2)19-21(16(15)18)9-13-6-4-3-5-7-13/h3-8H,9-10H2,1-2H3. The van der Waals surface area contributed by atoms with Crippen molar-refractivity contribution in [3.8, 4) is 0 Å². The monoisotopic (exact) mass is 345 g/mol. The molecule has 0 aliphatic carbocycles. The first-order valence-corrected chi connectivity index (χ1v) is 7.78. The Balaban J connectivity index is 1.74. The number of nitrogens with zero attached hydrogens (tertiary/aromatic N) is 3. The van der Waals surface area contributed by atoms with Crippen LogP contribution in [-0.2, 0) is 17.9 Å². The molecule has 124 valence electrons. The minimum atomic E-state index is -0.530. The van der Waals surface area contributed by atoms with Crippen LogP contribution in [0.1, 0.15) is 33.1 Å². The second-order valence-electron chi connectivity index (χ2n) is 5.40. The number of hydrogen-bond acceptors (Lipinski definition) is 5. The Hall–Kier alpha value is -2.60. The van der Waals surface area contributed by atoms with Gasteiger partial charge in [0.25, 0.3) is 0 Å². The molecule has 0 radical (unpaired) electrons. The van der Waals surface area contributed by atoms with Crippen molar-refractivity contribution < 1.29 is 14.1 Å². The van der Waals surface area contributed by atoms with E-state index in [-0.39, 0.29) is 17.3 Å². The number of esters is 1. The van der Waals surface area contributed by atoms with Crippen LogP contribution in [0, 0.1) is 13.8 Å². The van der Waals surface area contributed by atoms with Gasteiger partial charge < -0.3 is 9.26 Å². The first kappa shape index (κ1) is 16.3. The predicted octanol–water partition coefficient (Wildman–Crippen LogP) is 3.55. The minimum Gasteiger partial charge on any atom is -0.455 e. The molecule has 0 N–H and O–H groups in total. The smallest absolute Gasteiger partial charge is 0.343 e. The summed E-state index contributed by atoms with van der Waals surface area (Å²) in [7, 11) is 0. The summed E-state index contributed by atoms with van der Waals surface area (Å²) in [6.45, 7) is 4.00. The van der Waals surface area contributed by atoms with Crippen LogP contribution < -0.4 is 0 Å². The number of hydrogen-bond donors (Lipinski definition) is 0. The molecule has 7 heteroatoms. The van der Waals surface area contributed by atoms with Crippen LogP contribution >= 0.6 is 11.6 Å². The molecule has 0 saturated heterocycles. The van der Waals surface area contributed by atoms with Crippen molar-refractivity contribution in [3.63, 3.8) is 0 Å². The highest BCUT2D eigenvalue weighted by Gasteiger charge is 2.22. The highest BCUT2D eigenvalue weighted by molar-refractivity contribution is 6.32. The van der Waals surface area contributed by atoms with E-state index in [4.69, 9.17) is 20.9 Å². The van der Waals surface area contributed by atoms with Gasteiger partial charge in [0.05, 0.1) is 12.2 Å². The molecule has 3 rings (SSSR count). The number of ether oxygens (including phenoxy) is 1. The van der Waals surface area contributed by atoms with E-state index in [1.807, 2.05) is 30.3 Å². The molecule has 3 aromatic rings. The number of aromatic nitrogens is 3. The number of carbonyl (C=O) groups excluding carboxylic acids is 1. The summed E-state index contributed by atoms with van der Waals surface area (Å²) in [5, 5.41) is 8.38. The molecule has 0 saturated carbocycles. The van der Waals surface area contributed by atoms with Crippen LogP contribution in [-0.4, -0.2) is 20.9 Å². The molecule has 1 aromatic carbocycles. The maximum atomic E-state index is 12.3. The van der Waals surface area contributed by atoms with Crippen LogP contribution in [0.4, 0.5) is 0 Å². The average molecular weight is 346 g/mol. The summed E-state index contributed by atoms with van der Waals surface area (Å²) in [5.74, 6) is 0.128. The SMILES string of the molecule is Cc1cc(COC(=O)c2c(C)nn(Cc3ccccc3)c2Cl)no1. The molecule has 0 aliphatic heterocycles. The summed E-state index contributed by atoms with van der Waals surface area (Å²) in [6, 6.07) is 11.5. The van der Waals surface area contributed by atoms with Crippen molar-refractivity contribution in [3.05, 3.63) is 69.8 Å². The molecule has 6 nitrogen and oxygen atoms in total. The van der Waals surface area contributed by atoms with Gasteiger partial charge in [-0.2, -0.15) is 5.10 Å². The average Bonchev–Trinajstić information content (AvgIpc) is 3.10. The van der Waals surface area contributed by atoms with Gasteiger partial charge in [-0.05, 0) is 19.4 Å². The summed E-state index contributed by atoms with van der Waals surface area (Å²) in [4.78, 5) is 12.3. The lowest BCUT2D eigenvalue weighted by molar-refractivity contribution is 0.0463. The zero-order valence-corrected chi connectivity index (χ0v) is 14.1. The van der Waals surface area contributed by atoms with Gasteiger partial charge >= 0.3 is 5.97 Å². The molecule has 24 heavy (non-hydrogen) atoms. The normalized spacial score (nSPS) is 10.8. The summed E-state index contributed by atoms with van der Waals surface area (Å²) in [6.07, 6.45) is 0. The Labute approximate surface area is 144 Å². The topological polar surface area (TPSA) is 70.2 Å². The van der Waals surface area contributed by atoms with E-state index >= 15 is 0 Å². The molecule has 2 heterocycles. The third kappa shape index (κ3) is 3.49. The van der Waals surface area contributed by atoms with Crippen molar-refractivity contribution in [1.82, 2.24) is 14.9 Å². The van der Waals surface area contributed by atoms with Crippen molar-refractivity contribution in [1.29, 1.82) is 0 Å². The number of rotatable bonds is 5. The fourth-order valence-electron chi connectivity index (χ4n) is 2.34. The maximum Gasteiger partial charge on any atom is 0.343 e. The number of halogens is 1. The van der Waals surface area contributed by atoms with Crippen LogP contribution in [0.15, 0.2) is 40.9 Å². The lowest BCUT2D eigenvalue weighted by Crippen LogP contribution is -2.07. The number of aryl methyl sites for hydroxylation is 2. The number of benzene rings is 1. The lowest BCUT2D eigenvalue weighted by Gasteiger charge is -2.04. The highest BCUT2D eigenvalue weighted by atomic mass is 35.5. The molecule has 0 amide bonds. The van der Waals surface area contributed by atoms with Crippen molar-refractivity contribution in [2.45, 2.75) is 27.0 Å². The molecular weight excluding hydrogens is 330 g/mol. The van der Waals surface area contributed by atoms with Gasteiger partial charge in [0.1, 0.15) is 28.8 Å². The van der Waals surface area contributed by atoms with Gasteiger partial charge in [-0.1, -0.05) is 47.1 Å². The van der Waals surface area contributed by atoms with E-state index in [9.17, 15) is 4.79 Å². The molecule has 0 fully saturated rings.